The Morgan fingerprint density at radius 3 is 2.52 bits per heavy atom. The van der Waals surface area contributed by atoms with Gasteiger partial charge >= 0.3 is 5.97 Å². The smallest absolute Gasteiger partial charge is 0.338 e. The number of rotatable bonds is 6. The minimum absolute atomic E-state index is 0.290. The third-order valence-corrected chi connectivity index (χ3v) is 4.41. The van der Waals surface area contributed by atoms with Gasteiger partial charge in [0.15, 0.2) is 5.76 Å². The summed E-state index contributed by atoms with van der Waals surface area (Å²) in [5.74, 6) is -0.386. The maximum atomic E-state index is 12.6. The molecule has 1 heterocycles. The number of carbonyl (C=O) groups is 2. The molecule has 0 atom stereocenters. The van der Waals surface area contributed by atoms with E-state index in [0.29, 0.717) is 29.2 Å². The molecule has 1 amide bonds. The van der Waals surface area contributed by atoms with Crippen LogP contribution in [0, 0.1) is 13.8 Å². The molecule has 0 aliphatic carbocycles. The lowest BCUT2D eigenvalue weighted by atomic mass is 10.1. The average molecular weight is 365 g/mol. The fourth-order valence-electron chi connectivity index (χ4n) is 2.82. The molecule has 1 N–H and O–H groups in total. The predicted molar refractivity (Wildman–Crippen MR) is 105 cm³/mol. The summed E-state index contributed by atoms with van der Waals surface area (Å²) in [5.41, 5.74) is 3.65. The maximum absolute atomic E-state index is 12.6. The Kier molecular flexibility index (Phi) is 5.60. The number of hydrogen-bond acceptors (Lipinski definition) is 4. The minimum atomic E-state index is -0.357. The number of benzene rings is 2. The van der Waals surface area contributed by atoms with Gasteiger partial charge in [0.1, 0.15) is 5.58 Å². The molecule has 0 fully saturated rings. The van der Waals surface area contributed by atoms with E-state index in [1.54, 1.807) is 24.3 Å². The molecule has 0 bridgehead atoms. The summed E-state index contributed by atoms with van der Waals surface area (Å²) >= 11 is 0. The molecule has 0 aliphatic rings. The van der Waals surface area contributed by atoms with Crippen LogP contribution in [0.2, 0.25) is 0 Å². The topological polar surface area (TPSA) is 68.5 Å². The van der Waals surface area contributed by atoms with Gasteiger partial charge in [0.05, 0.1) is 12.2 Å². The lowest BCUT2D eigenvalue weighted by Crippen LogP contribution is -2.12. The van der Waals surface area contributed by atoms with Crippen molar-refractivity contribution in [2.24, 2.45) is 0 Å². The first kappa shape index (κ1) is 18.7. The third kappa shape index (κ3) is 4.19. The molecule has 0 aliphatic heterocycles. The lowest BCUT2D eigenvalue weighted by Gasteiger charge is -2.06. The second-order valence-electron chi connectivity index (χ2n) is 6.58. The van der Waals surface area contributed by atoms with Crippen molar-refractivity contribution in [3.63, 3.8) is 0 Å². The van der Waals surface area contributed by atoms with Crippen molar-refractivity contribution >= 4 is 28.5 Å². The van der Waals surface area contributed by atoms with E-state index in [0.717, 1.165) is 29.4 Å². The number of ether oxygens (including phenoxy) is 1. The molecule has 27 heavy (non-hydrogen) atoms. The number of anilines is 1. The Labute approximate surface area is 158 Å². The molecule has 0 saturated carbocycles. The van der Waals surface area contributed by atoms with Gasteiger partial charge in [-0.15, -0.1) is 0 Å². The van der Waals surface area contributed by atoms with E-state index in [9.17, 15) is 9.59 Å². The van der Waals surface area contributed by atoms with Gasteiger partial charge in [-0.3, -0.25) is 4.79 Å². The van der Waals surface area contributed by atoms with Crippen LogP contribution in [0.1, 0.15) is 51.8 Å². The Balaban J connectivity index is 1.71. The van der Waals surface area contributed by atoms with Gasteiger partial charge in [-0.25, -0.2) is 4.79 Å². The van der Waals surface area contributed by atoms with E-state index in [1.165, 1.54) is 0 Å². The molecule has 0 saturated heterocycles. The van der Waals surface area contributed by atoms with Crippen LogP contribution >= 0.6 is 0 Å². The van der Waals surface area contributed by atoms with E-state index >= 15 is 0 Å². The summed E-state index contributed by atoms with van der Waals surface area (Å²) in [6.07, 6.45) is 1.81. The van der Waals surface area contributed by atoms with Crippen LogP contribution < -0.4 is 5.32 Å². The van der Waals surface area contributed by atoms with Crippen LogP contribution in [0.25, 0.3) is 11.0 Å². The summed E-state index contributed by atoms with van der Waals surface area (Å²) in [6.45, 7) is 6.32. The summed E-state index contributed by atoms with van der Waals surface area (Å²) in [5, 5.41) is 3.74. The summed E-state index contributed by atoms with van der Waals surface area (Å²) in [6, 6.07) is 12.5. The molecule has 5 heteroatoms. The van der Waals surface area contributed by atoms with E-state index in [4.69, 9.17) is 9.15 Å². The van der Waals surface area contributed by atoms with E-state index in [1.807, 2.05) is 39.0 Å². The summed E-state index contributed by atoms with van der Waals surface area (Å²) in [7, 11) is 0. The van der Waals surface area contributed by atoms with E-state index in [-0.39, 0.29) is 11.9 Å². The van der Waals surface area contributed by atoms with Gasteiger partial charge in [-0.05, 0) is 56.7 Å². The van der Waals surface area contributed by atoms with Crippen LogP contribution in [0.5, 0.6) is 0 Å². The number of carbonyl (C=O) groups excluding carboxylic acids is 2. The molecule has 5 nitrogen and oxygen atoms in total. The molecule has 3 aromatic rings. The van der Waals surface area contributed by atoms with E-state index in [2.05, 4.69) is 5.32 Å². The summed E-state index contributed by atoms with van der Waals surface area (Å²) in [4.78, 5) is 24.5. The summed E-state index contributed by atoms with van der Waals surface area (Å²) < 4.78 is 10.9. The highest BCUT2D eigenvalue weighted by atomic mass is 16.5. The van der Waals surface area contributed by atoms with Gasteiger partial charge in [-0.1, -0.05) is 25.0 Å². The normalized spacial score (nSPS) is 10.8. The Morgan fingerprint density at radius 2 is 1.81 bits per heavy atom. The van der Waals surface area contributed by atoms with Crippen LogP contribution in [0.3, 0.4) is 0 Å². The van der Waals surface area contributed by atoms with Gasteiger partial charge in [0, 0.05) is 16.6 Å². The highest BCUT2D eigenvalue weighted by Gasteiger charge is 2.18. The van der Waals surface area contributed by atoms with Crippen LogP contribution in [-0.2, 0) is 4.74 Å². The van der Waals surface area contributed by atoms with Crippen molar-refractivity contribution in [1.29, 1.82) is 0 Å². The number of fused-ring (bicyclic) bond motifs is 1. The predicted octanol–water partition coefficient (Wildman–Crippen LogP) is 5.26. The average Bonchev–Trinajstić information content (AvgIpc) is 2.99. The Bertz CT molecular complexity index is 970. The Morgan fingerprint density at radius 1 is 1.07 bits per heavy atom. The maximum Gasteiger partial charge on any atom is 0.338 e. The number of aryl methyl sites for hydroxylation is 2. The first-order chi connectivity index (χ1) is 13.0. The monoisotopic (exact) mass is 365 g/mol. The number of esters is 1. The molecule has 140 valence electrons. The van der Waals surface area contributed by atoms with Crippen LogP contribution in [0.4, 0.5) is 5.69 Å². The standard InChI is InChI=1S/C22H23NO4/c1-4-5-12-26-22(25)16-7-9-17(10-8-16)23-21(24)20-15(3)18-13-14(2)6-11-19(18)27-20/h6-11,13H,4-5,12H2,1-3H3,(H,23,24). The molecule has 1 aromatic heterocycles. The van der Waals surface area contributed by atoms with Crippen molar-refractivity contribution in [2.45, 2.75) is 33.6 Å². The minimum Gasteiger partial charge on any atom is -0.462 e. The first-order valence-electron chi connectivity index (χ1n) is 9.08. The number of nitrogens with one attached hydrogen (secondary N) is 1. The third-order valence-electron chi connectivity index (χ3n) is 4.41. The zero-order valence-electron chi connectivity index (χ0n) is 15.8. The SMILES string of the molecule is CCCCOC(=O)c1ccc(NC(=O)c2oc3ccc(C)cc3c2C)cc1. The molecule has 0 unspecified atom stereocenters. The molecular formula is C22H23NO4. The van der Waals surface area contributed by atoms with Gasteiger partial charge < -0.3 is 14.5 Å². The van der Waals surface area contributed by atoms with Crippen molar-refractivity contribution in [2.75, 3.05) is 11.9 Å². The van der Waals surface area contributed by atoms with E-state index < -0.39 is 0 Å². The second kappa shape index (κ2) is 8.08. The molecule has 2 aromatic carbocycles. The molecule has 3 rings (SSSR count). The molecule has 0 radical (unpaired) electrons. The zero-order chi connectivity index (χ0) is 19.4. The quantitative estimate of drug-likeness (QED) is 0.478. The number of unbranched alkanes of at least 4 members (excludes halogenated alkanes) is 1. The second-order valence-corrected chi connectivity index (χ2v) is 6.58. The molecular weight excluding hydrogens is 342 g/mol. The van der Waals surface area contributed by atoms with Crippen molar-refractivity contribution in [3.05, 3.63) is 64.9 Å². The highest BCUT2D eigenvalue weighted by Crippen LogP contribution is 2.27. The first-order valence-corrected chi connectivity index (χ1v) is 9.08. The van der Waals surface area contributed by atoms with Crippen molar-refractivity contribution < 1.29 is 18.7 Å². The largest absolute Gasteiger partial charge is 0.462 e. The lowest BCUT2D eigenvalue weighted by molar-refractivity contribution is 0.0499. The zero-order valence-corrected chi connectivity index (χ0v) is 15.8. The number of hydrogen-bond donors (Lipinski definition) is 1. The van der Waals surface area contributed by atoms with Crippen LogP contribution in [-0.4, -0.2) is 18.5 Å². The fraction of sp³-hybridized carbons (Fsp3) is 0.273. The highest BCUT2D eigenvalue weighted by molar-refractivity contribution is 6.06. The van der Waals surface area contributed by atoms with Gasteiger partial charge in [0.2, 0.25) is 0 Å². The van der Waals surface area contributed by atoms with Crippen molar-refractivity contribution in [1.82, 2.24) is 0 Å². The fourth-order valence-corrected chi connectivity index (χ4v) is 2.82. The van der Waals surface area contributed by atoms with Gasteiger partial charge in [0.25, 0.3) is 5.91 Å². The van der Waals surface area contributed by atoms with Crippen molar-refractivity contribution in [3.8, 4) is 0 Å². The Hall–Kier alpha value is -3.08. The number of furan rings is 1. The van der Waals surface area contributed by atoms with Gasteiger partial charge in [-0.2, -0.15) is 0 Å². The number of amides is 1. The van der Waals surface area contributed by atoms with Crippen LogP contribution in [0.15, 0.2) is 46.9 Å². The molecule has 0 spiro atoms.